The van der Waals surface area contributed by atoms with Gasteiger partial charge in [-0.15, -0.1) is 0 Å². The predicted octanol–water partition coefficient (Wildman–Crippen LogP) is 0.869. The van der Waals surface area contributed by atoms with Crippen molar-refractivity contribution in [2.24, 2.45) is 0 Å². The number of ether oxygens (including phenoxy) is 2. The van der Waals surface area contributed by atoms with Gasteiger partial charge in [0.15, 0.2) is 0 Å². The summed E-state index contributed by atoms with van der Waals surface area (Å²) in [5.74, 6) is 1.05. The highest BCUT2D eigenvalue weighted by atomic mass is 16.5. The molecular weight excluding hydrogens is 258 g/mol. The molecule has 0 aliphatic rings. The summed E-state index contributed by atoms with van der Waals surface area (Å²) in [5.41, 5.74) is 0.810. The van der Waals surface area contributed by atoms with E-state index in [9.17, 15) is 0 Å². The van der Waals surface area contributed by atoms with Crippen LogP contribution in [0.2, 0.25) is 0 Å². The highest BCUT2D eigenvalue weighted by Crippen LogP contribution is 2.22. The van der Waals surface area contributed by atoms with Crippen molar-refractivity contribution >= 4 is 0 Å². The van der Waals surface area contributed by atoms with Crippen molar-refractivity contribution in [3.63, 3.8) is 0 Å². The van der Waals surface area contributed by atoms with Crippen LogP contribution in [0.3, 0.4) is 0 Å². The zero-order chi connectivity index (χ0) is 14.4. The monoisotopic (exact) mass is 277 g/mol. The van der Waals surface area contributed by atoms with E-state index in [0.29, 0.717) is 18.3 Å². The van der Waals surface area contributed by atoms with Crippen LogP contribution in [0.5, 0.6) is 11.8 Å². The van der Waals surface area contributed by atoms with Gasteiger partial charge in [-0.3, -0.25) is 4.68 Å². The molecule has 0 aliphatic carbocycles. The standard InChI is InChI=1S/C13H19N5O2/c1-10(8-18-6-4-5-17-18)14-7-11-12(19-2)15-9-16-13(11)20-3/h4-6,9-10,14H,7-8H2,1-3H3. The van der Waals surface area contributed by atoms with Crippen LogP contribution < -0.4 is 14.8 Å². The third-order valence-electron chi connectivity index (χ3n) is 2.90. The molecule has 2 heterocycles. The highest BCUT2D eigenvalue weighted by Gasteiger charge is 2.13. The van der Waals surface area contributed by atoms with Gasteiger partial charge < -0.3 is 14.8 Å². The molecule has 2 aromatic heterocycles. The Morgan fingerprint density at radius 3 is 2.50 bits per heavy atom. The van der Waals surface area contributed by atoms with Crippen LogP contribution >= 0.6 is 0 Å². The van der Waals surface area contributed by atoms with Crippen LogP contribution in [0.4, 0.5) is 0 Å². The maximum atomic E-state index is 5.24. The van der Waals surface area contributed by atoms with Crippen molar-refractivity contribution in [2.75, 3.05) is 14.2 Å². The van der Waals surface area contributed by atoms with Gasteiger partial charge in [0.05, 0.1) is 26.3 Å². The molecule has 0 amide bonds. The zero-order valence-corrected chi connectivity index (χ0v) is 11.9. The lowest BCUT2D eigenvalue weighted by molar-refractivity contribution is 0.354. The lowest BCUT2D eigenvalue weighted by Gasteiger charge is -2.16. The first kappa shape index (κ1) is 14.3. The van der Waals surface area contributed by atoms with Gasteiger partial charge in [-0.1, -0.05) is 0 Å². The van der Waals surface area contributed by atoms with E-state index >= 15 is 0 Å². The van der Waals surface area contributed by atoms with E-state index in [-0.39, 0.29) is 6.04 Å². The molecule has 0 saturated carbocycles. The first-order chi connectivity index (χ1) is 9.74. The van der Waals surface area contributed by atoms with Crippen LogP contribution in [0.25, 0.3) is 0 Å². The molecule has 0 radical (unpaired) electrons. The number of aromatic nitrogens is 4. The SMILES string of the molecule is COc1ncnc(OC)c1CNC(C)Cn1cccn1. The Hall–Kier alpha value is -2.15. The second-order valence-corrected chi connectivity index (χ2v) is 4.38. The van der Waals surface area contributed by atoms with E-state index in [4.69, 9.17) is 9.47 Å². The maximum absolute atomic E-state index is 5.24. The molecule has 2 rings (SSSR count). The lowest BCUT2D eigenvalue weighted by atomic mass is 10.2. The third-order valence-corrected chi connectivity index (χ3v) is 2.90. The van der Waals surface area contributed by atoms with Crippen molar-refractivity contribution in [1.82, 2.24) is 25.1 Å². The van der Waals surface area contributed by atoms with Crippen LogP contribution in [-0.2, 0) is 13.1 Å². The fourth-order valence-corrected chi connectivity index (χ4v) is 1.91. The summed E-state index contributed by atoms with van der Waals surface area (Å²) >= 11 is 0. The smallest absolute Gasteiger partial charge is 0.224 e. The highest BCUT2D eigenvalue weighted by molar-refractivity contribution is 5.34. The number of methoxy groups -OCH3 is 2. The van der Waals surface area contributed by atoms with E-state index in [0.717, 1.165) is 12.1 Å². The van der Waals surface area contributed by atoms with Crippen molar-refractivity contribution in [3.05, 3.63) is 30.4 Å². The van der Waals surface area contributed by atoms with E-state index in [2.05, 4.69) is 27.3 Å². The first-order valence-electron chi connectivity index (χ1n) is 6.37. The summed E-state index contributed by atoms with van der Waals surface area (Å²) in [4.78, 5) is 8.18. The van der Waals surface area contributed by atoms with Gasteiger partial charge in [0.1, 0.15) is 6.33 Å². The molecule has 7 heteroatoms. The van der Waals surface area contributed by atoms with E-state index in [1.165, 1.54) is 6.33 Å². The molecule has 0 fully saturated rings. The molecule has 0 aliphatic heterocycles. The number of rotatable bonds is 7. The zero-order valence-electron chi connectivity index (χ0n) is 11.9. The summed E-state index contributed by atoms with van der Waals surface area (Å²) in [7, 11) is 3.16. The van der Waals surface area contributed by atoms with E-state index in [1.54, 1.807) is 20.4 Å². The first-order valence-corrected chi connectivity index (χ1v) is 6.37. The fraction of sp³-hybridized carbons (Fsp3) is 0.462. The molecule has 1 N–H and O–H groups in total. The molecule has 1 unspecified atom stereocenters. The van der Waals surface area contributed by atoms with E-state index in [1.807, 2.05) is 16.9 Å². The molecule has 0 bridgehead atoms. The van der Waals surface area contributed by atoms with Gasteiger partial charge in [-0.25, -0.2) is 9.97 Å². The van der Waals surface area contributed by atoms with Crippen molar-refractivity contribution < 1.29 is 9.47 Å². The van der Waals surface area contributed by atoms with Crippen LogP contribution in [0, 0.1) is 0 Å². The molecule has 0 saturated heterocycles. The minimum Gasteiger partial charge on any atom is -0.481 e. The second-order valence-electron chi connectivity index (χ2n) is 4.38. The van der Waals surface area contributed by atoms with Gasteiger partial charge in [0, 0.05) is 25.0 Å². The van der Waals surface area contributed by atoms with Crippen LogP contribution in [0.15, 0.2) is 24.8 Å². The quantitative estimate of drug-likeness (QED) is 0.809. The molecule has 108 valence electrons. The molecule has 1 atom stereocenters. The average Bonchev–Trinajstić information content (AvgIpc) is 2.97. The van der Waals surface area contributed by atoms with Gasteiger partial charge in [-0.2, -0.15) is 5.10 Å². The number of nitrogens with one attached hydrogen (secondary N) is 1. The fourth-order valence-electron chi connectivity index (χ4n) is 1.91. The van der Waals surface area contributed by atoms with Crippen molar-refractivity contribution in [3.8, 4) is 11.8 Å². The average molecular weight is 277 g/mol. The Morgan fingerprint density at radius 2 is 1.95 bits per heavy atom. The van der Waals surface area contributed by atoms with Gasteiger partial charge >= 0.3 is 0 Å². The normalized spacial score (nSPS) is 12.2. The summed E-state index contributed by atoms with van der Waals surface area (Å²) in [6, 6.07) is 2.15. The largest absolute Gasteiger partial charge is 0.481 e. The van der Waals surface area contributed by atoms with Gasteiger partial charge in [0.2, 0.25) is 11.8 Å². The minimum absolute atomic E-state index is 0.240. The van der Waals surface area contributed by atoms with E-state index < -0.39 is 0 Å². The van der Waals surface area contributed by atoms with Crippen LogP contribution in [0.1, 0.15) is 12.5 Å². The van der Waals surface area contributed by atoms with Gasteiger partial charge in [0.25, 0.3) is 0 Å². The molecule has 7 nitrogen and oxygen atoms in total. The Bertz CT molecular complexity index is 507. The van der Waals surface area contributed by atoms with Crippen molar-refractivity contribution in [1.29, 1.82) is 0 Å². The minimum atomic E-state index is 0.240. The second kappa shape index (κ2) is 6.85. The van der Waals surface area contributed by atoms with Crippen molar-refractivity contribution in [2.45, 2.75) is 26.1 Å². The van der Waals surface area contributed by atoms with Gasteiger partial charge in [-0.05, 0) is 13.0 Å². The Kier molecular flexibility index (Phi) is 4.89. The molecule has 0 aromatic carbocycles. The maximum Gasteiger partial charge on any atom is 0.224 e. The molecule has 2 aromatic rings. The third kappa shape index (κ3) is 3.45. The summed E-state index contributed by atoms with van der Waals surface area (Å²) < 4.78 is 12.4. The van der Waals surface area contributed by atoms with Crippen LogP contribution in [-0.4, -0.2) is 40.0 Å². The molecule has 0 spiro atoms. The Balaban J connectivity index is 1.99. The summed E-state index contributed by atoms with van der Waals surface area (Å²) in [5, 5.41) is 7.57. The Labute approximate surface area is 118 Å². The predicted molar refractivity (Wildman–Crippen MR) is 73.7 cm³/mol. The number of hydrogen-bond acceptors (Lipinski definition) is 6. The summed E-state index contributed by atoms with van der Waals surface area (Å²) in [6.45, 7) is 3.44. The number of hydrogen-bond donors (Lipinski definition) is 1. The lowest BCUT2D eigenvalue weighted by Crippen LogP contribution is -2.30. The summed E-state index contributed by atoms with van der Waals surface area (Å²) in [6.07, 6.45) is 5.13. The topological polar surface area (TPSA) is 74.1 Å². The molecular formula is C13H19N5O2. The number of nitrogens with zero attached hydrogens (tertiary/aromatic N) is 4. The Morgan fingerprint density at radius 1 is 1.25 bits per heavy atom. The molecule has 20 heavy (non-hydrogen) atoms.